The van der Waals surface area contributed by atoms with Gasteiger partial charge in [0.1, 0.15) is 11.6 Å². The molecule has 1 aromatic heterocycles. The third-order valence-electron chi connectivity index (χ3n) is 2.37. The van der Waals surface area contributed by atoms with Crippen molar-refractivity contribution < 1.29 is 9.18 Å². The molecule has 16 heavy (non-hydrogen) atoms. The zero-order valence-corrected chi connectivity index (χ0v) is 8.83. The Bertz CT molecular complexity index is 506. The number of H-pyrrole nitrogens is 1. The van der Waals surface area contributed by atoms with Gasteiger partial charge in [-0.2, -0.15) is 0 Å². The summed E-state index contributed by atoms with van der Waals surface area (Å²) in [6.07, 6.45) is 3.47. The van der Waals surface area contributed by atoms with Gasteiger partial charge in [0.05, 0.1) is 6.42 Å². The molecule has 0 aliphatic rings. The van der Waals surface area contributed by atoms with Gasteiger partial charge in [-0.1, -0.05) is 0 Å². The Balaban J connectivity index is 2.21. The topological polar surface area (TPSA) is 45.8 Å². The number of halogens is 1. The number of aromatic nitrogens is 2. The second-order valence-electron chi connectivity index (χ2n) is 3.60. The van der Waals surface area contributed by atoms with E-state index in [9.17, 15) is 9.18 Å². The van der Waals surface area contributed by atoms with Crippen LogP contribution in [0.25, 0.3) is 0 Å². The number of hydrogen-bond donors (Lipinski definition) is 1. The molecule has 0 bridgehead atoms. The van der Waals surface area contributed by atoms with E-state index >= 15 is 0 Å². The van der Waals surface area contributed by atoms with Crippen molar-refractivity contribution in [3.05, 3.63) is 53.4 Å². The molecule has 0 fully saturated rings. The minimum Gasteiger partial charge on any atom is -0.348 e. The van der Waals surface area contributed by atoms with Gasteiger partial charge in [0.25, 0.3) is 0 Å². The Morgan fingerprint density at radius 3 is 2.94 bits per heavy atom. The number of aryl methyl sites for hydroxylation is 1. The highest BCUT2D eigenvalue weighted by Crippen LogP contribution is 2.12. The highest BCUT2D eigenvalue weighted by molar-refractivity contribution is 5.98. The summed E-state index contributed by atoms with van der Waals surface area (Å²) in [5.41, 5.74) is 1.19. The van der Waals surface area contributed by atoms with E-state index in [1.807, 2.05) is 0 Å². The zero-order valence-electron chi connectivity index (χ0n) is 8.83. The number of carbonyl (C=O) groups is 1. The van der Waals surface area contributed by atoms with Crippen LogP contribution in [0.3, 0.4) is 0 Å². The molecule has 0 aliphatic carbocycles. The molecule has 82 valence electrons. The van der Waals surface area contributed by atoms with Crippen LogP contribution in [0.1, 0.15) is 21.7 Å². The molecule has 0 spiro atoms. The molecule has 0 aliphatic heterocycles. The monoisotopic (exact) mass is 218 g/mol. The molecule has 0 unspecified atom stereocenters. The highest BCUT2D eigenvalue weighted by Gasteiger charge is 2.11. The summed E-state index contributed by atoms with van der Waals surface area (Å²) in [6.45, 7) is 1.72. The lowest BCUT2D eigenvalue weighted by atomic mass is 10.0. The summed E-state index contributed by atoms with van der Waals surface area (Å²) in [5, 5.41) is 0. The number of benzene rings is 1. The molecule has 3 nitrogen and oxygen atoms in total. The van der Waals surface area contributed by atoms with Gasteiger partial charge < -0.3 is 4.98 Å². The Morgan fingerprint density at radius 2 is 2.31 bits per heavy atom. The molecular weight excluding hydrogens is 207 g/mol. The molecule has 0 radical (unpaired) electrons. The van der Waals surface area contributed by atoms with Crippen molar-refractivity contribution in [3.63, 3.8) is 0 Å². The summed E-state index contributed by atoms with van der Waals surface area (Å²) >= 11 is 0. The molecular formula is C12H11FN2O. The van der Waals surface area contributed by atoms with Crippen LogP contribution in [0, 0.1) is 12.7 Å². The van der Waals surface area contributed by atoms with Crippen LogP contribution < -0.4 is 0 Å². The standard InChI is InChI=1S/C12H11FN2O/c1-8-6-9(13)2-3-10(8)11(16)7-12-14-4-5-15-12/h2-6H,7H2,1H3,(H,14,15). The van der Waals surface area contributed by atoms with E-state index in [4.69, 9.17) is 0 Å². The van der Waals surface area contributed by atoms with Crippen LogP contribution in [0.4, 0.5) is 4.39 Å². The fraction of sp³-hybridized carbons (Fsp3) is 0.167. The molecule has 2 rings (SSSR count). The Morgan fingerprint density at radius 1 is 1.50 bits per heavy atom. The first-order chi connectivity index (χ1) is 7.66. The maximum absolute atomic E-state index is 12.9. The number of aromatic amines is 1. The van der Waals surface area contributed by atoms with Gasteiger partial charge in [-0.3, -0.25) is 4.79 Å². The SMILES string of the molecule is Cc1cc(F)ccc1C(=O)Cc1ncc[nH]1. The molecule has 0 saturated carbocycles. The zero-order chi connectivity index (χ0) is 11.5. The van der Waals surface area contributed by atoms with E-state index in [1.54, 1.807) is 19.3 Å². The number of Topliss-reactive ketones (excluding diaryl/α,β-unsaturated/α-hetero) is 1. The predicted molar refractivity (Wildman–Crippen MR) is 57.8 cm³/mol. The normalized spacial score (nSPS) is 10.4. The van der Waals surface area contributed by atoms with Crippen molar-refractivity contribution in [3.8, 4) is 0 Å². The maximum atomic E-state index is 12.9. The highest BCUT2D eigenvalue weighted by atomic mass is 19.1. The number of imidazole rings is 1. The lowest BCUT2D eigenvalue weighted by molar-refractivity contribution is 0.0990. The average Bonchev–Trinajstić information content (AvgIpc) is 2.70. The fourth-order valence-electron chi connectivity index (χ4n) is 1.58. The quantitative estimate of drug-likeness (QED) is 0.803. The van der Waals surface area contributed by atoms with Gasteiger partial charge in [-0.05, 0) is 30.7 Å². The predicted octanol–water partition coefficient (Wildman–Crippen LogP) is 2.28. The van der Waals surface area contributed by atoms with Gasteiger partial charge in [0, 0.05) is 18.0 Å². The van der Waals surface area contributed by atoms with Crippen LogP contribution in [0.2, 0.25) is 0 Å². The summed E-state index contributed by atoms with van der Waals surface area (Å²) in [5.74, 6) is 0.230. The minimum absolute atomic E-state index is 0.0625. The lowest BCUT2D eigenvalue weighted by Gasteiger charge is -2.03. The molecule has 1 aromatic carbocycles. The minimum atomic E-state index is -0.327. The molecule has 0 amide bonds. The Labute approximate surface area is 92.3 Å². The third kappa shape index (κ3) is 2.16. The van der Waals surface area contributed by atoms with Crippen LogP contribution in [0.5, 0.6) is 0 Å². The van der Waals surface area contributed by atoms with Gasteiger partial charge >= 0.3 is 0 Å². The largest absolute Gasteiger partial charge is 0.348 e. The second kappa shape index (κ2) is 4.26. The van der Waals surface area contributed by atoms with Gasteiger partial charge in [-0.25, -0.2) is 9.37 Å². The number of hydrogen-bond acceptors (Lipinski definition) is 2. The molecule has 0 atom stereocenters. The van der Waals surface area contributed by atoms with Crippen molar-refractivity contribution in [2.75, 3.05) is 0 Å². The summed E-state index contributed by atoms with van der Waals surface area (Å²) < 4.78 is 12.9. The van der Waals surface area contributed by atoms with Crippen molar-refractivity contribution in [2.24, 2.45) is 0 Å². The fourth-order valence-corrected chi connectivity index (χ4v) is 1.58. The summed E-state index contributed by atoms with van der Waals surface area (Å²) in [6, 6.07) is 4.16. The van der Waals surface area contributed by atoms with Crippen LogP contribution in [-0.4, -0.2) is 15.8 Å². The first-order valence-electron chi connectivity index (χ1n) is 4.94. The maximum Gasteiger partial charge on any atom is 0.170 e. The van der Waals surface area contributed by atoms with Crippen molar-refractivity contribution in [1.29, 1.82) is 0 Å². The van der Waals surface area contributed by atoms with Crippen LogP contribution in [-0.2, 0) is 6.42 Å². The summed E-state index contributed by atoms with van der Waals surface area (Å²) in [4.78, 5) is 18.7. The smallest absolute Gasteiger partial charge is 0.170 e. The molecule has 1 N–H and O–H groups in total. The number of carbonyl (C=O) groups excluding carboxylic acids is 1. The second-order valence-corrected chi connectivity index (χ2v) is 3.60. The van der Waals surface area contributed by atoms with E-state index in [2.05, 4.69) is 9.97 Å². The van der Waals surface area contributed by atoms with Crippen LogP contribution >= 0.6 is 0 Å². The van der Waals surface area contributed by atoms with Crippen LogP contribution in [0.15, 0.2) is 30.6 Å². The molecule has 4 heteroatoms. The molecule has 2 aromatic rings. The molecule has 0 saturated heterocycles. The number of nitrogens with zero attached hydrogens (tertiary/aromatic N) is 1. The van der Waals surface area contributed by atoms with Crippen molar-refractivity contribution >= 4 is 5.78 Å². The Kier molecular flexibility index (Phi) is 2.81. The average molecular weight is 218 g/mol. The van der Waals surface area contributed by atoms with Gasteiger partial charge in [-0.15, -0.1) is 0 Å². The first kappa shape index (κ1) is 10.5. The lowest BCUT2D eigenvalue weighted by Crippen LogP contribution is -2.07. The van der Waals surface area contributed by atoms with E-state index in [0.29, 0.717) is 17.0 Å². The number of nitrogens with one attached hydrogen (secondary N) is 1. The van der Waals surface area contributed by atoms with Gasteiger partial charge in [0.15, 0.2) is 5.78 Å². The Hall–Kier alpha value is -1.97. The number of ketones is 1. The van der Waals surface area contributed by atoms with E-state index in [1.165, 1.54) is 18.2 Å². The number of rotatable bonds is 3. The van der Waals surface area contributed by atoms with E-state index in [-0.39, 0.29) is 18.0 Å². The molecule has 1 heterocycles. The first-order valence-corrected chi connectivity index (χ1v) is 4.94. The third-order valence-corrected chi connectivity index (χ3v) is 2.37. The van der Waals surface area contributed by atoms with Gasteiger partial charge in [0.2, 0.25) is 0 Å². The van der Waals surface area contributed by atoms with E-state index < -0.39 is 0 Å². The van der Waals surface area contributed by atoms with Crippen molar-refractivity contribution in [1.82, 2.24) is 9.97 Å². The van der Waals surface area contributed by atoms with Crippen molar-refractivity contribution in [2.45, 2.75) is 13.3 Å². The summed E-state index contributed by atoms with van der Waals surface area (Å²) in [7, 11) is 0. The van der Waals surface area contributed by atoms with E-state index in [0.717, 1.165) is 0 Å².